The maximum Gasteiger partial charge on any atom is 0.328 e. The molecular formula is C10H8ClFN4O2. The van der Waals surface area contributed by atoms with E-state index in [-0.39, 0.29) is 16.4 Å². The first-order valence-corrected chi connectivity index (χ1v) is 5.35. The van der Waals surface area contributed by atoms with E-state index in [1.54, 1.807) is 0 Å². The van der Waals surface area contributed by atoms with E-state index >= 15 is 0 Å². The minimum absolute atomic E-state index is 0.0184. The Morgan fingerprint density at radius 2 is 2.28 bits per heavy atom. The van der Waals surface area contributed by atoms with E-state index in [0.717, 1.165) is 4.68 Å². The van der Waals surface area contributed by atoms with Gasteiger partial charge in [0.05, 0.1) is 10.6 Å². The number of aromatic nitrogens is 4. The lowest BCUT2D eigenvalue weighted by Crippen LogP contribution is -2.18. The van der Waals surface area contributed by atoms with Crippen LogP contribution in [0.3, 0.4) is 0 Å². The van der Waals surface area contributed by atoms with Crippen molar-refractivity contribution in [3.8, 4) is 11.4 Å². The lowest BCUT2D eigenvalue weighted by atomic mass is 10.2. The first-order chi connectivity index (χ1) is 8.52. The van der Waals surface area contributed by atoms with E-state index in [2.05, 4.69) is 15.5 Å². The number of carboxylic acids is 1. The smallest absolute Gasteiger partial charge is 0.328 e. The van der Waals surface area contributed by atoms with Crippen LogP contribution in [-0.2, 0) is 4.79 Å². The average Bonchev–Trinajstić information content (AvgIpc) is 2.80. The summed E-state index contributed by atoms with van der Waals surface area (Å²) >= 11 is 5.66. The molecule has 0 spiro atoms. The van der Waals surface area contributed by atoms with Gasteiger partial charge in [0.2, 0.25) is 0 Å². The first kappa shape index (κ1) is 12.4. The van der Waals surface area contributed by atoms with Crippen molar-refractivity contribution >= 4 is 17.6 Å². The van der Waals surface area contributed by atoms with E-state index in [4.69, 9.17) is 16.7 Å². The number of carboxylic acid groups (broad SMARTS) is 1. The summed E-state index contributed by atoms with van der Waals surface area (Å²) < 4.78 is 14.8. The third-order valence-electron chi connectivity index (χ3n) is 2.41. The summed E-state index contributed by atoms with van der Waals surface area (Å²) in [5.41, 5.74) is 0.0561. The summed E-state index contributed by atoms with van der Waals surface area (Å²) in [5, 5.41) is 19.4. The molecule has 18 heavy (non-hydrogen) atoms. The molecule has 0 aliphatic carbocycles. The number of benzene rings is 1. The van der Waals surface area contributed by atoms with Gasteiger partial charge in [0, 0.05) is 0 Å². The van der Waals surface area contributed by atoms with Crippen molar-refractivity contribution in [1.82, 2.24) is 20.2 Å². The zero-order valence-electron chi connectivity index (χ0n) is 9.21. The lowest BCUT2D eigenvalue weighted by molar-refractivity contribution is -0.140. The van der Waals surface area contributed by atoms with Gasteiger partial charge in [0.25, 0.3) is 0 Å². The molecule has 0 aliphatic heterocycles. The Hall–Kier alpha value is -2.02. The van der Waals surface area contributed by atoms with Gasteiger partial charge >= 0.3 is 5.97 Å². The summed E-state index contributed by atoms with van der Waals surface area (Å²) in [6.07, 6.45) is 0. The molecule has 0 bridgehead atoms. The molecule has 2 rings (SSSR count). The molecule has 0 aliphatic rings. The van der Waals surface area contributed by atoms with Gasteiger partial charge < -0.3 is 5.11 Å². The van der Waals surface area contributed by atoms with E-state index in [0.29, 0.717) is 0 Å². The fourth-order valence-corrected chi connectivity index (χ4v) is 1.59. The second-order valence-corrected chi connectivity index (χ2v) is 3.97. The van der Waals surface area contributed by atoms with Crippen LogP contribution in [0.5, 0.6) is 0 Å². The molecule has 2 aromatic rings. The van der Waals surface area contributed by atoms with Gasteiger partial charge in [-0.05, 0) is 29.5 Å². The maximum absolute atomic E-state index is 13.8. The molecule has 6 nitrogen and oxygen atoms in total. The average molecular weight is 271 g/mol. The third kappa shape index (κ3) is 2.04. The van der Waals surface area contributed by atoms with Crippen LogP contribution in [-0.4, -0.2) is 31.3 Å². The molecule has 1 N–H and O–H groups in total. The van der Waals surface area contributed by atoms with E-state index in [1.807, 2.05) is 0 Å². The fourth-order valence-electron chi connectivity index (χ4n) is 1.41. The summed E-state index contributed by atoms with van der Waals surface area (Å²) in [4.78, 5) is 10.9. The van der Waals surface area contributed by atoms with Crippen molar-refractivity contribution in [3.05, 3.63) is 29.0 Å². The number of halogens is 2. The Bertz CT molecular complexity index is 601. The molecule has 0 fully saturated rings. The second-order valence-electron chi connectivity index (χ2n) is 3.56. The zero-order valence-corrected chi connectivity index (χ0v) is 9.97. The van der Waals surface area contributed by atoms with Gasteiger partial charge in [0.1, 0.15) is 0 Å². The molecule has 0 radical (unpaired) electrons. The summed E-state index contributed by atoms with van der Waals surface area (Å²) in [7, 11) is 0. The van der Waals surface area contributed by atoms with Gasteiger partial charge in [-0.2, -0.15) is 0 Å². The molecule has 1 aromatic carbocycles. The van der Waals surface area contributed by atoms with Crippen LogP contribution >= 0.6 is 11.6 Å². The SMILES string of the molecule is CC(C(=O)O)n1nnnc1-c1cccc(Cl)c1F. The van der Waals surface area contributed by atoms with Crippen molar-refractivity contribution in [2.45, 2.75) is 13.0 Å². The minimum atomic E-state index is -1.12. The van der Waals surface area contributed by atoms with Gasteiger partial charge in [-0.15, -0.1) is 5.10 Å². The van der Waals surface area contributed by atoms with Crippen LogP contribution in [0.4, 0.5) is 4.39 Å². The number of tetrazole rings is 1. The van der Waals surface area contributed by atoms with E-state index in [9.17, 15) is 9.18 Å². The second kappa shape index (κ2) is 4.69. The van der Waals surface area contributed by atoms with Crippen molar-refractivity contribution in [2.24, 2.45) is 0 Å². The lowest BCUT2D eigenvalue weighted by Gasteiger charge is -2.09. The quantitative estimate of drug-likeness (QED) is 0.919. The minimum Gasteiger partial charge on any atom is -0.480 e. The molecule has 0 saturated heterocycles. The molecule has 94 valence electrons. The molecule has 0 amide bonds. The van der Waals surface area contributed by atoms with Crippen LogP contribution in [0, 0.1) is 5.82 Å². The summed E-state index contributed by atoms with van der Waals surface area (Å²) in [6, 6.07) is 3.34. The molecule has 1 atom stereocenters. The molecular weight excluding hydrogens is 263 g/mol. The van der Waals surface area contributed by atoms with E-state index < -0.39 is 17.8 Å². The standard InChI is InChI=1S/C10H8ClFN4O2/c1-5(10(17)18)16-9(13-14-15-16)6-3-2-4-7(11)8(6)12/h2-5H,1H3,(H,17,18). The van der Waals surface area contributed by atoms with Gasteiger partial charge in [-0.25, -0.2) is 13.9 Å². The number of rotatable bonds is 3. The van der Waals surface area contributed by atoms with Crippen molar-refractivity contribution in [2.75, 3.05) is 0 Å². The predicted octanol–water partition coefficient (Wildman–Crippen LogP) is 1.78. The molecule has 1 unspecified atom stereocenters. The first-order valence-electron chi connectivity index (χ1n) is 4.97. The van der Waals surface area contributed by atoms with Crippen LogP contribution in [0.15, 0.2) is 18.2 Å². The topological polar surface area (TPSA) is 80.9 Å². The largest absolute Gasteiger partial charge is 0.480 e. The third-order valence-corrected chi connectivity index (χ3v) is 2.70. The molecule has 1 aromatic heterocycles. The number of carbonyl (C=O) groups is 1. The normalized spacial score (nSPS) is 12.4. The zero-order chi connectivity index (χ0) is 13.3. The maximum atomic E-state index is 13.8. The summed E-state index contributed by atoms with van der Waals surface area (Å²) in [5.74, 6) is -1.79. The van der Waals surface area contributed by atoms with Crippen LogP contribution in [0.2, 0.25) is 5.02 Å². The highest BCUT2D eigenvalue weighted by Crippen LogP contribution is 2.26. The number of hydrogen-bond acceptors (Lipinski definition) is 4. The van der Waals surface area contributed by atoms with Crippen LogP contribution in [0.25, 0.3) is 11.4 Å². The molecule has 8 heteroatoms. The fraction of sp³-hybridized carbons (Fsp3) is 0.200. The van der Waals surface area contributed by atoms with Crippen molar-refractivity contribution in [1.29, 1.82) is 0 Å². The number of hydrogen-bond donors (Lipinski definition) is 1. The van der Waals surface area contributed by atoms with E-state index in [1.165, 1.54) is 25.1 Å². The highest BCUT2D eigenvalue weighted by Gasteiger charge is 2.22. The Labute approximate surface area is 106 Å². The van der Waals surface area contributed by atoms with Crippen molar-refractivity contribution < 1.29 is 14.3 Å². The number of nitrogens with zero attached hydrogens (tertiary/aromatic N) is 4. The van der Waals surface area contributed by atoms with Gasteiger partial charge in [0.15, 0.2) is 17.7 Å². The molecule has 1 heterocycles. The van der Waals surface area contributed by atoms with Crippen LogP contribution < -0.4 is 0 Å². The predicted molar refractivity (Wildman–Crippen MR) is 60.6 cm³/mol. The Balaban J connectivity index is 2.56. The van der Waals surface area contributed by atoms with Crippen molar-refractivity contribution in [3.63, 3.8) is 0 Å². The summed E-state index contributed by atoms with van der Waals surface area (Å²) in [6.45, 7) is 1.39. The van der Waals surface area contributed by atoms with Gasteiger partial charge in [-0.1, -0.05) is 17.7 Å². The Morgan fingerprint density at radius 3 is 2.94 bits per heavy atom. The Morgan fingerprint density at radius 1 is 1.56 bits per heavy atom. The Kier molecular flexibility index (Phi) is 3.24. The highest BCUT2D eigenvalue weighted by molar-refractivity contribution is 6.31. The number of aliphatic carboxylic acids is 1. The van der Waals surface area contributed by atoms with Gasteiger partial charge in [-0.3, -0.25) is 0 Å². The van der Waals surface area contributed by atoms with Crippen LogP contribution in [0.1, 0.15) is 13.0 Å². The monoisotopic (exact) mass is 270 g/mol. The molecule has 0 saturated carbocycles. The highest BCUT2D eigenvalue weighted by atomic mass is 35.5.